The number of Topliss-reactive ketones (excluding diaryl/α,β-unsaturated/α-hetero) is 1. The number of hydrogen-bond acceptors (Lipinski definition) is 3. The number of anilines is 1. The van der Waals surface area contributed by atoms with Crippen molar-refractivity contribution in [3.63, 3.8) is 0 Å². The number of carbonyl (C=O) groups is 1. The first-order valence-corrected chi connectivity index (χ1v) is 5.99. The van der Waals surface area contributed by atoms with E-state index in [4.69, 9.17) is 0 Å². The maximum atomic E-state index is 11.1. The van der Waals surface area contributed by atoms with Crippen LogP contribution in [-0.4, -0.2) is 17.3 Å². The third-order valence-corrected chi connectivity index (χ3v) is 2.78. The summed E-state index contributed by atoms with van der Waals surface area (Å²) < 4.78 is 0. The molecule has 0 spiro atoms. The third-order valence-electron chi connectivity index (χ3n) is 2.78. The number of carbonyl (C=O) groups excluding carboxylic acids is 1. The number of hydrogen-bond donors (Lipinski definition) is 1. The Morgan fingerprint density at radius 1 is 1.11 bits per heavy atom. The first kappa shape index (κ1) is 12.3. The molecule has 1 N–H and O–H groups in total. The molecule has 0 saturated heterocycles. The van der Waals surface area contributed by atoms with E-state index in [0.717, 1.165) is 24.2 Å². The molecule has 2 aromatic rings. The second kappa shape index (κ2) is 5.96. The van der Waals surface area contributed by atoms with Crippen LogP contribution in [-0.2, 0) is 6.42 Å². The number of rotatable bonds is 5. The molecule has 0 amide bonds. The highest BCUT2D eigenvalue weighted by Crippen LogP contribution is 2.10. The summed E-state index contributed by atoms with van der Waals surface area (Å²) in [6.45, 7) is 2.44. The van der Waals surface area contributed by atoms with Crippen LogP contribution < -0.4 is 5.32 Å². The summed E-state index contributed by atoms with van der Waals surface area (Å²) in [4.78, 5) is 15.1. The molecular weight excluding hydrogens is 224 g/mol. The predicted octanol–water partition coefficient (Wildman–Crippen LogP) is 2.94. The van der Waals surface area contributed by atoms with Crippen molar-refractivity contribution in [3.8, 4) is 0 Å². The molecule has 1 aromatic carbocycles. The lowest BCUT2D eigenvalue weighted by atomic mass is 10.1. The standard InChI is InChI=1S/C15H16N2O/c1-12(18)14-2-4-15(5-3-14)17-11-8-13-6-9-16-10-7-13/h2-7,9-10,17H,8,11H2,1H3. The van der Waals surface area contributed by atoms with Crippen LogP contribution in [0.1, 0.15) is 22.8 Å². The van der Waals surface area contributed by atoms with E-state index in [1.165, 1.54) is 5.56 Å². The zero-order chi connectivity index (χ0) is 12.8. The van der Waals surface area contributed by atoms with Crippen molar-refractivity contribution in [2.45, 2.75) is 13.3 Å². The summed E-state index contributed by atoms with van der Waals surface area (Å²) >= 11 is 0. The van der Waals surface area contributed by atoms with Gasteiger partial charge in [0.15, 0.2) is 5.78 Å². The topological polar surface area (TPSA) is 42.0 Å². The minimum atomic E-state index is 0.0957. The van der Waals surface area contributed by atoms with E-state index in [1.807, 2.05) is 36.4 Å². The number of nitrogens with one attached hydrogen (secondary N) is 1. The first-order valence-electron chi connectivity index (χ1n) is 5.99. The molecule has 0 unspecified atom stereocenters. The summed E-state index contributed by atoms with van der Waals surface area (Å²) in [5.74, 6) is 0.0957. The molecule has 0 saturated carbocycles. The molecule has 0 aliphatic rings. The van der Waals surface area contributed by atoms with Gasteiger partial charge in [-0.1, -0.05) is 0 Å². The van der Waals surface area contributed by atoms with E-state index in [1.54, 1.807) is 19.3 Å². The van der Waals surface area contributed by atoms with E-state index in [0.29, 0.717) is 0 Å². The van der Waals surface area contributed by atoms with E-state index >= 15 is 0 Å². The van der Waals surface area contributed by atoms with Gasteiger partial charge in [0.2, 0.25) is 0 Å². The molecule has 0 aliphatic carbocycles. The molecule has 0 fully saturated rings. The van der Waals surface area contributed by atoms with Gasteiger partial charge in [-0.3, -0.25) is 9.78 Å². The zero-order valence-corrected chi connectivity index (χ0v) is 10.4. The van der Waals surface area contributed by atoms with Crippen molar-refractivity contribution in [2.75, 3.05) is 11.9 Å². The van der Waals surface area contributed by atoms with Gasteiger partial charge >= 0.3 is 0 Å². The predicted molar refractivity (Wildman–Crippen MR) is 72.9 cm³/mol. The lowest BCUT2D eigenvalue weighted by Gasteiger charge is -2.06. The van der Waals surface area contributed by atoms with E-state index in [2.05, 4.69) is 10.3 Å². The van der Waals surface area contributed by atoms with Gasteiger partial charge in [0.25, 0.3) is 0 Å². The summed E-state index contributed by atoms with van der Waals surface area (Å²) in [5, 5.41) is 3.33. The van der Waals surface area contributed by atoms with Gasteiger partial charge in [-0.2, -0.15) is 0 Å². The number of pyridine rings is 1. The summed E-state index contributed by atoms with van der Waals surface area (Å²) in [6.07, 6.45) is 4.56. The fourth-order valence-electron chi connectivity index (χ4n) is 1.72. The van der Waals surface area contributed by atoms with Crippen LogP contribution in [0.5, 0.6) is 0 Å². The van der Waals surface area contributed by atoms with Crippen molar-refractivity contribution in [1.82, 2.24) is 4.98 Å². The zero-order valence-electron chi connectivity index (χ0n) is 10.4. The lowest BCUT2D eigenvalue weighted by Crippen LogP contribution is -2.05. The Bertz CT molecular complexity index is 506. The normalized spacial score (nSPS) is 10.1. The Kier molecular flexibility index (Phi) is 4.07. The Morgan fingerprint density at radius 3 is 2.39 bits per heavy atom. The van der Waals surface area contributed by atoms with Gasteiger partial charge in [-0.25, -0.2) is 0 Å². The van der Waals surface area contributed by atoms with Crippen LogP contribution in [0.2, 0.25) is 0 Å². The Balaban J connectivity index is 1.85. The lowest BCUT2D eigenvalue weighted by molar-refractivity contribution is 0.101. The Morgan fingerprint density at radius 2 is 1.78 bits per heavy atom. The second-order valence-corrected chi connectivity index (χ2v) is 4.17. The maximum Gasteiger partial charge on any atom is 0.159 e. The minimum Gasteiger partial charge on any atom is -0.385 e. The number of benzene rings is 1. The van der Waals surface area contributed by atoms with Gasteiger partial charge in [-0.15, -0.1) is 0 Å². The minimum absolute atomic E-state index is 0.0957. The van der Waals surface area contributed by atoms with Crippen molar-refractivity contribution in [1.29, 1.82) is 0 Å². The molecule has 2 rings (SSSR count). The molecule has 3 nitrogen and oxygen atoms in total. The summed E-state index contributed by atoms with van der Waals surface area (Å²) in [7, 11) is 0. The van der Waals surface area contributed by atoms with Crippen molar-refractivity contribution < 1.29 is 4.79 Å². The van der Waals surface area contributed by atoms with Gasteiger partial charge in [0.1, 0.15) is 0 Å². The van der Waals surface area contributed by atoms with Crippen LogP contribution in [0, 0.1) is 0 Å². The average molecular weight is 240 g/mol. The van der Waals surface area contributed by atoms with Gasteiger partial charge < -0.3 is 5.32 Å². The highest BCUT2D eigenvalue weighted by molar-refractivity contribution is 5.94. The molecule has 0 radical (unpaired) electrons. The van der Waals surface area contributed by atoms with E-state index < -0.39 is 0 Å². The summed E-state index contributed by atoms with van der Waals surface area (Å²) in [6, 6.07) is 11.6. The fraction of sp³-hybridized carbons (Fsp3) is 0.200. The molecule has 0 aliphatic heterocycles. The SMILES string of the molecule is CC(=O)c1ccc(NCCc2ccncc2)cc1. The molecule has 0 bridgehead atoms. The molecule has 92 valence electrons. The van der Waals surface area contributed by atoms with Gasteiger partial charge in [0.05, 0.1) is 0 Å². The Labute approximate surface area is 107 Å². The quantitative estimate of drug-likeness (QED) is 0.817. The van der Waals surface area contributed by atoms with Crippen molar-refractivity contribution in [2.24, 2.45) is 0 Å². The van der Waals surface area contributed by atoms with Gasteiger partial charge in [-0.05, 0) is 55.3 Å². The van der Waals surface area contributed by atoms with Crippen LogP contribution in [0.15, 0.2) is 48.8 Å². The molecule has 18 heavy (non-hydrogen) atoms. The van der Waals surface area contributed by atoms with Crippen LogP contribution >= 0.6 is 0 Å². The van der Waals surface area contributed by atoms with E-state index in [9.17, 15) is 4.79 Å². The molecule has 1 aromatic heterocycles. The number of ketones is 1. The van der Waals surface area contributed by atoms with Crippen LogP contribution in [0.3, 0.4) is 0 Å². The molecule has 0 atom stereocenters. The number of nitrogens with zero attached hydrogens (tertiary/aromatic N) is 1. The monoisotopic (exact) mass is 240 g/mol. The average Bonchev–Trinajstić information content (AvgIpc) is 2.40. The molecule has 3 heteroatoms. The summed E-state index contributed by atoms with van der Waals surface area (Å²) in [5.41, 5.74) is 3.04. The molecule has 1 heterocycles. The van der Waals surface area contributed by atoms with Crippen LogP contribution in [0.25, 0.3) is 0 Å². The second-order valence-electron chi connectivity index (χ2n) is 4.17. The number of aromatic nitrogens is 1. The van der Waals surface area contributed by atoms with Crippen molar-refractivity contribution >= 4 is 11.5 Å². The first-order chi connectivity index (χ1) is 8.75. The smallest absolute Gasteiger partial charge is 0.159 e. The van der Waals surface area contributed by atoms with Gasteiger partial charge in [0, 0.05) is 30.2 Å². The van der Waals surface area contributed by atoms with Crippen molar-refractivity contribution in [3.05, 3.63) is 59.9 Å². The Hall–Kier alpha value is -2.16. The van der Waals surface area contributed by atoms with E-state index in [-0.39, 0.29) is 5.78 Å². The maximum absolute atomic E-state index is 11.1. The highest BCUT2D eigenvalue weighted by atomic mass is 16.1. The van der Waals surface area contributed by atoms with Crippen LogP contribution in [0.4, 0.5) is 5.69 Å². The highest BCUT2D eigenvalue weighted by Gasteiger charge is 1.98. The molecular formula is C15H16N2O. The largest absolute Gasteiger partial charge is 0.385 e. The third kappa shape index (κ3) is 3.42. The fourth-order valence-corrected chi connectivity index (χ4v) is 1.72.